The van der Waals surface area contributed by atoms with Crippen LogP contribution in [0.1, 0.15) is 42.0 Å². The fraction of sp³-hybridized carbons (Fsp3) is 0.444. The molecule has 4 heteroatoms. The summed E-state index contributed by atoms with van der Waals surface area (Å²) in [7, 11) is 0. The molecule has 0 atom stereocenters. The second-order valence-corrected chi connectivity index (χ2v) is 8.46. The first-order valence-electron chi connectivity index (χ1n) is 11.7. The maximum Gasteiger partial charge on any atom is 0.307 e. The van der Waals surface area contributed by atoms with E-state index in [1.807, 2.05) is 6.92 Å². The van der Waals surface area contributed by atoms with Gasteiger partial charge in [-0.2, -0.15) is 0 Å². The van der Waals surface area contributed by atoms with Crippen LogP contribution in [0.25, 0.3) is 5.57 Å². The van der Waals surface area contributed by atoms with Crippen molar-refractivity contribution in [1.29, 1.82) is 0 Å². The first kappa shape index (κ1) is 21.8. The number of hydrogen-bond donors (Lipinski definition) is 0. The lowest BCUT2D eigenvalue weighted by atomic mass is 9.93. The first-order valence-corrected chi connectivity index (χ1v) is 11.7. The van der Waals surface area contributed by atoms with Gasteiger partial charge >= 0.3 is 5.97 Å². The van der Waals surface area contributed by atoms with Crippen molar-refractivity contribution in [2.75, 3.05) is 45.9 Å². The Morgan fingerprint density at radius 1 is 0.871 bits per heavy atom. The second kappa shape index (κ2) is 10.7. The Morgan fingerprint density at radius 3 is 2.00 bits per heavy atom. The van der Waals surface area contributed by atoms with Crippen LogP contribution in [0.15, 0.2) is 54.6 Å². The van der Waals surface area contributed by atoms with Gasteiger partial charge in [0.2, 0.25) is 0 Å². The average molecular weight is 419 g/mol. The smallest absolute Gasteiger partial charge is 0.307 e. The van der Waals surface area contributed by atoms with Gasteiger partial charge < -0.3 is 14.5 Å². The van der Waals surface area contributed by atoms with Gasteiger partial charge in [0.1, 0.15) is 0 Å². The molecule has 1 aliphatic heterocycles. The zero-order valence-corrected chi connectivity index (χ0v) is 18.7. The van der Waals surface area contributed by atoms with Crippen molar-refractivity contribution in [1.82, 2.24) is 9.80 Å². The molecule has 0 radical (unpaired) electrons. The second-order valence-electron chi connectivity index (χ2n) is 8.46. The summed E-state index contributed by atoms with van der Waals surface area (Å²) in [5.74, 6) is -0.0829. The third-order valence-electron chi connectivity index (χ3n) is 6.47. The summed E-state index contributed by atoms with van der Waals surface area (Å²) in [4.78, 5) is 16.5. The predicted molar refractivity (Wildman–Crippen MR) is 126 cm³/mol. The maximum absolute atomic E-state index is 11.6. The number of fused-ring (bicyclic) bond motifs is 2. The lowest BCUT2D eigenvalue weighted by Crippen LogP contribution is -2.47. The number of esters is 1. The van der Waals surface area contributed by atoms with E-state index in [0.29, 0.717) is 13.0 Å². The summed E-state index contributed by atoms with van der Waals surface area (Å²) in [6.45, 7) is 8.42. The molecule has 1 aliphatic carbocycles. The monoisotopic (exact) mass is 418 g/mol. The molecule has 0 spiro atoms. The highest BCUT2D eigenvalue weighted by Gasteiger charge is 2.19. The number of nitrogens with zero attached hydrogens (tertiary/aromatic N) is 2. The zero-order valence-electron chi connectivity index (χ0n) is 18.7. The van der Waals surface area contributed by atoms with Crippen LogP contribution in [-0.2, 0) is 22.4 Å². The van der Waals surface area contributed by atoms with E-state index in [9.17, 15) is 4.79 Å². The number of rotatable bonds is 7. The van der Waals surface area contributed by atoms with Gasteiger partial charge in [0.05, 0.1) is 13.0 Å². The predicted octanol–water partition coefficient (Wildman–Crippen LogP) is 4.18. The van der Waals surface area contributed by atoms with Crippen LogP contribution in [0.3, 0.4) is 0 Å². The average Bonchev–Trinajstić information content (AvgIpc) is 2.96. The van der Waals surface area contributed by atoms with Crippen molar-refractivity contribution in [3.63, 3.8) is 0 Å². The Kier molecular flexibility index (Phi) is 7.55. The molecule has 31 heavy (non-hydrogen) atoms. The molecule has 4 rings (SSSR count). The molecule has 0 aromatic heterocycles. The Labute approximate surface area is 186 Å². The minimum atomic E-state index is -0.0829. The summed E-state index contributed by atoms with van der Waals surface area (Å²) in [5, 5.41) is 0. The molecule has 1 heterocycles. The largest absolute Gasteiger partial charge is 0.466 e. The van der Waals surface area contributed by atoms with Crippen molar-refractivity contribution in [3.8, 4) is 0 Å². The van der Waals surface area contributed by atoms with Crippen molar-refractivity contribution >= 4 is 11.5 Å². The van der Waals surface area contributed by atoms with Gasteiger partial charge in [-0.05, 0) is 54.0 Å². The summed E-state index contributed by atoms with van der Waals surface area (Å²) < 4.78 is 5.04. The minimum absolute atomic E-state index is 0.0829. The van der Waals surface area contributed by atoms with E-state index in [1.165, 1.54) is 27.8 Å². The maximum atomic E-state index is 11.6. The highest BCUT2D eigenvalue weighted by molar-refractivity contribution is 5.83. The van der Waals surface area contributed by atoms with E-state index >= 15 is 0 Å². The van der Waals surface area contributed by atoms with Gasteiger partial charge in [0.25, 0.3) is 0 Å². The van der Waals surface area contributed by atoms with Crippen LogP contribution in [0, 0.1) is 0 Å². The highest BCUT2D eigenvalue weighted by Crippen LogP contribution is 2.33. The number of carbonyl (C=O) groups excluding carboxylic acids is 1. The molecule has 2 aromatic carbocycles. The topological polar surface area (TPSA) is 32.8 Å². The van der Waals surface area contributed by atoms with Crippen molar-refractivity contribution in [2.24, 2.45) is 0 Å². The molecular weight excluding hydrogens is 384 g/mol. The molecule has 164 valence electrons. The lowest BCUT2D eigenvalue weighted by Gasteiger charge is -2.34. The molecule has 0 amide bonds. The van der Waals surface area contributed by atoms with Gasteiger partial charge in [-0.15, -0.1) is 0 Å². The molecule has 1 saturated heterocycles. The van der Waals surface area contributed by atoms with E-state index in [4.69, 9.17) is 4.74 Å². The quantitative estimate of drug-likeness (QED) is 0.632. The Bertz CT molecular complexity index is 863. The summed E-state index contributed by atoms with van der Waals surface area (Å²) in [6, 6.07) is 17.8. The third-order valence-corrected chi connectivity index (χ3v) is 6.47. The van der Waals surface area contributed by atoms with E-state index in [0.717, 1.165) is 58.5 Å². The third kappa shape index (κ3) is 5.63. The number of hydrogen-bond acceptors (Lipinski definition) is 4. The van der Waals surface area contributed by atoms with Crippen molar-refractivity contribution < 1.29 is 9.53 Å². The van der Waals surface area contributed by atoms with Crippen LogP contribution < -0.4 is 0 Å². The number of benzene rings is 2. The Balaban J connectivity index is 1.35. The fourth-order valence-corrected chi connectivity index (χ4v) is 4.75. The zero-order chi connectivity index (χ0) is 21.5. The minimum Gasteiger partial charge on any atom is -0.466 e. The van der Waals surface area contributed by atoms with Crippen LogP contribution in [0.4, 0.5) is 0 Å². The normalized spacial score (nSPS) is 16.9. The molecule has 2 aliphatic rings. The molecule has 4 nitrogen and oxygen atoms in total. The molecule has 0 saturated carbocycles. The molecule has 0 N–H and O–H groups in total. The molecule has 0 bridgehead atoms. The Morgan fingerprint density at radius 2 is 1.42 bits per heavy atom. The van der Waals surface area contributed by atoms with E-state index < -0.39 is 0 Å². The molecule has 0 unspecified atom stereocenters. The van der Waals surface area contributed by atoms with Gasteiger partial charge in [-0.1, -0.05) is 54.6 Å². The number of piperazine rings is 1. The molecular formula is C27H34N2O2. The fourth-order valence-electron chi connectivity index (χ4n) is 4.75. The highest BCUT2D eigenvalue weighted by atomic mass is 16.5. The van der Waals surface area contributed by atoms with Crippen LogP contribution in [-0.4, -0.2) is 61.6 Å². The standard InChI is InChI=1S/C27H34N2O2/c1-2-31-27(30)15-17-29-20-18-28(19-21-29)16-7-12-26-24-10-5-3-8-22(24)13-14-23-9-4-6-11-25(23)26/h3-6,8-12H,2,7,13-21H2,1H3. The van der Waals surface area contributed by atoms with Gasteiger partial charge in [0.15, 0.2) is 0 Å². The van der Waals surface area contributed by atoms with Gasteiger partial charge in [-0.25, -0.2) is 0 Å². The van der Waals surface area contributed by atoms with E-state index in [1.54, 1.807) is 0 Å². The summed E-state index contributed by atoms with van der Waals surface area (Å²) in [6.07, 6.45) is 6.23. The molecule has 2 aromatic rings. The first-order chi connectivity index (χ1) is 15.2. The van der Waals surface area contributed by atoms with Crippen LogP contribution >= 0.6 is 0 Å². The van der Waals surface area contributed by atoms with E-state index in [2.05, 4.69) is 64.4 Å². The van der Waals surface area contributed by atoms with Crippen LogP contribution in [0.2, 0.25) is 0 Å². The molecule has 1 fully saturated rings. The number of ether oxygens (including phenoxy) is 1. The SMILES string of the molecule is CCOC(=O)CCN1CCN(CCC=C2c3ccccc3CCc3ccccc32)CC1. The van der Waals surface area contributed by atoms with E-state index in [-0.39, 0.29) is 5.97 Å². The Hall–Kier alpha value is -2.43. The van der Waals surface area contributed by atoms with Crippen LogP contribution in [0.5, 0.6) is 0 Å². The number of aryl methyl sites for hydroxylation is 2. The van der Waals surface area contributed by atoms with Gasteiger partial charge in [-0.3, -0.25) is 4.79 Å². The van der Waals surface area contributed by atoms with Gasteiger partial charge in [0, 0.05) is 39.3 Å². The van der Waals surface area contributed by atoms with Crippen molar-refractivity contribution in [2.45, 2.75) is 32.6 Å². The number of carbonyl (C=O) groups is 1. The van der Waals surface area contributed by atoms with Crippen molar-refractivity contribution in [3.05, 3.63) is 76.9 Å². The summed E-state index contributed by atoms with van der Waals surface area (Å²) in [5.41, 5.74) is 7.12. The lowest BCUT2D eigenvalue weighted by molar-refractivity contribution is -0.143. The summed E-state index contributed by atoms with van der Waals surface area (Å²) >= 11 is 0.